The van der Waals surface area contributed by atoms with E-state index in [9.17, 15) is 24.3 Å². The maximum atomic E-state index is 13.2. The topological polar surface area (TPSA) is 123 Å². The van der Waals surface area contributed by atoms with Crippen LogP contribution in [-0.2, 0) is 9.53 Å². The highest BCUT2D eigenvalue weighted by molar-refractivity contribution is 6.23. The van der Waals surface area contributed by atoms with E-state index >= 15 is 0 Å². The predicted molar refractivity (Wildman–Crippen MR) is 143 cm³/mol. The van der Waals surface area contributed by atoms with Crippen molar-refractivity contribution in [1.29, 1.82) is 0 Å². The van der Waals surface area contributed by atoms with Gasteiger partial charge in [0.1, 0.15) is 17.9 Å². The van der Waals surface area contributed by atoms with Crippen molar-refractivity contribution in [2.24, 2.45) is 5.92 Å². The second-order valence-corrected chi connectivity index (χ2v) is 12.0. The number of benzene rings is 1. The van der Waals surface area contributed by atoms with Crippen molar-refractivity contribution in [3.8, 4) is 0 Å². The van der Waals surface area contributed by atoms with Crippen LogP contribution in [0.15, 0.2) is 18.2 Å². The molecule has 0 aromatic heterocycles. The van der Waals surface area contributed by atoms with Gasteiger partial charge in [0.2, 0.25) is 5.91 Å². The molecule has 4 heterocycles. The summed E-state index contributed by atoms with van der Waals surface area (Å²) in [5.41, 5.74) is 1.08. The summed E-state index contributed by atoms with van der Waals surface area (Å²) in [5.74, 6) is -0.850. The van der Waals surface area contributed by atoms with Crippen LogP contribution >= 0.6 is 0 Å². The lowest BCUT2D eigenvalue weighted by Crippen LogP contribution is -2.55. The fraction of sp³-hybridized carbons (Fsp3) is 0.643. The third-order valence-electron chi connectivity index (χ3n) is 8.06. The van der Waals surface area contributed by atoms with Gasteiger partial charge in [-0.05, 0) is 70.6 Å². The molecule has 212 valence electrons. The molecule has 4 aliphatic heterocycles. The van der Waals surface area contributed by atoms with Gasteiger partial charge in [0.05, 0.1) is 11.1 Å². The van der Waals surface area contributed by atoms with Gasteiger partial charge in [-0.25, -0.2) is 4.79 Å². The Morgan fingerprint density at radius 3 is 2.26 bits per heavy atom. The number of aliphatic hydroxyl groups excluding tert-OH is 1. The van der Waals surface area contributed by atoms with Gasteiger partial charge < -0.3 is 25.0 Å². The molecule has 2 unspecified atom stereocenters. The van der Waals surface area contributed by atoms with E-state index in [0.29, 0.717) is 36.6 Å². The highest BCUT2D eigenvalue weighted by atomic mass is 16.6. The number of piperazine rings is 1. The van der Waals surface area contributed by atoms with Gasteiger partial charge >= 0.3 is 6.09 Å². The maximum Gasteiger partial charge on any atom is 0.410 e. The van der Waals surface area contributed by atoms with E-state index in [1.807, 2.05) is 26.8 Å². The van der Waals surface area contributed by atoms with Crippen LogP contribution in [0.5, 0.6) is 0 Å². The van der Waals surface area contributed by atoms with Gasteiger partial charge in [0, 0.05) is 51.5 Å². The van der Waals surface area contributed by atoms with Crippen molar-refractivity contribution in [2.45, 2.75) is 64.3 Å². The van der Waals surface area contributed by atoms with E-state index in [2.05, 4.69) is 15.1 Å². The molecule has 4 amide bonds. The minimum atomic E-state index is -0.944. The number of hydrogen-bond donors (Lipinski definition) is 2. The van der Waals surface area contributed by atoms with E-state index < -0.39 is 35.6 Å². The lowest BCUT2D eigenvalue weighted by molar-refractivity contribution is -0.131. The average molecular weight is 542 g/mol. The number of nitrogens with one attached hydrogen (secondary N) is 1. The third-order valence-corrected chi connectivity index (χ3v) is 8.06. The van der Waals surface area contributed by atoms with E-state index in [4.69, 9.17) is 4.74 Å². The Morgan fingerprint density at radius 2 is 1.62 bits per heavy atom. The molecular weight excluding hydrogens is 502 g/mol. The zero-order valence-electron chi connectivity index (χ0n) is 23.0. The molecule has 1 aromatic rings. The molecule has 0 aliphatic carbocycles. The Morgan fingerprint density at radius 1 is 0.949 bits per heavy atom. The number of rotatable bonds is 4. The molecule has 0 saturated carbocycles. The standard InChI is InChI=1S/C28H39N5O6/c1-28(2,3)39-27(38)32-14-12-30(13-15-32)17-18-8-10-31(11-9-18)19-4-5-20-21(16-19)26(37)33(25(20)36)22-6-7-23(34)29-24(22)35/h4-5,16,18,22-23,34H,6-15,17H2,1-3H3,(H,29,35). The molecule has 0 bridgehead atoms. The number of piperidine rings is 2. The molecule has 5 rings (SSSR count). The van der Waals surface area contributed by atoms with Gasteiger partial charge in [0.25, 0.3) is 11.8 Å². The first kappa shape index (κ1) is 27.4. The van der Waals surface area contributed by atoms with Gasteiger partial charge in [-0.15, -0.1) is 0 Å². The van der Waals surface area contributed by atoms with Crippen molar-refractivity contribution < 1.29 is 29.0 Å². The fourth-order valence-corrected chi connectivity index (χ4v) is 5.93. The quantitative estimate of drug-likeness (QED) is 0.552. The van der Waals surface area contributed by atoms with Crippen molar-refractivity contribution in [3.63, 3.8) is 0 Å². The molecule has 2 N–H and O–H groups in total. The zero-order valence-corrected chi connectivity index (χ0v) is 23.0. The summed E-state index contributed by atoms with van der Waals surface area (Å²) in [6, 6.07) is 4.46. The third kappa shape index (κ3) is 5.89. The van der Waals surface area contributed by atoms with Crippen molar-refractivity contribution >= 4 is 29.5 Å². The lowest BCUT2D eigenvalue weighted by atomic mass is 9.95. The number of aliphatic hydroxyl groups is 1. The van der Waals surface area contributed by atoms with Crippen LogP contribution in [0.1, 0.15) is 67.2 Å². The number of amides is 4. The normalized spacial score (nSPS) is 25.1. The number of hydrogen-bond acceptors (Lipinski definition) is 8. The van der Waals surface area contributed by atoms with Gasteiger partial charge in [-0.2, -0.15) is 0 Å². The highest BCUT2D eigenvalue weighted by Gasteiger charge is 2.44. The van der Waals surface area contributed by atoms with Crippen LogP contribution in [0, 0.1) is 5.92 Å². The van der Waals surface area contributed by atoms with Crippen molar-refractivity contribution in [1.82, 2.24) is 20.0 Å². The SMILES string of the molecule is CC(C)(C)OC(=O)N1CCN(CC2CCN(c3ccc4c(c3)C(=O)N(C3CCC(O)NC3=O)C4=O)CC2)CC1. The van der Waals surface area contributed by atoms with Crippen LogP contribution < -0.4 is 10.2 Å². The molecule has 11 heteroatoms. The fourth-order valence-electron chi connectivity index (χ4n) is 5.93. The molecular formula is C28H39N5O6. The minimum Gasteiger partial charge on any atom is -0.444 e. The van der Waals surface area contributed by atoms with Gasteiger partial charge in [0.15, 0.2) is 0 Å². The summed E-state index contributed by atoms with van der Waals surface area (Å²) in [6.07, 6.45) is 1.40. The Hall–Kier alpha value is -3.18. The average Bonchev–Trinajstić information content (AvgIpc) is 3.13. The summed E-state index contributed by atoms with van der Waals surface area (Å²) in [7, 11) is 0. The van der Waals surface area contributed by atoms with Crippen molar-refractivity contribution in [2.75, 3.05) is 50.7 Å². The molecule has 4 aliphatic rings. The van der Waals surface area contributed by atoms with Gasteiger partial charge in [-0.1, -0.05) is 0 Å². The van der Waals surface area contributed by atoms with Crippen molar-refractivity contribution in [3.05, 3.63) is 29.3 Å². The number of carbonyl (C=O) groups is 4. The number of ether oxygens (including phenoxy) is 1. The van der Waals surface area contributed by atoms with E-state index in [-0.39, 0.29) is 12.5 Å². The van der Waals surface area contributed by atoms with Crippen LogP contribution in [-0.4, -0.2) is 107 Å². The number of nitrogens with zero attached hydrogens (tertiary/aromatic N) is 4. The Labute approximate surface area is 229 Å². The largest absolute Gasteiger partial charge is 0.444 e. The molecule has 0 spiro atoms. The first-order valence-electron chi connectivity index (χ1n) is 14.0. The Kier molecular flexibility index (Phi) is 7.56. The molecule has 3 fully saturated rings. The number of carbonyl (C=O) groups excluding carboxylic acids is 4. The summed E-state index contributed by atoms with van der Waals surface area (Å²) in [6.45, 7) is 11.4. The summed E-state index contributed by atoms with van der Waals surface area (Å²) in [4.78, 5) is 58.4. The molecule has 0 radical (unpaired) electrons. The van der Waals surface area contributed by atoms with E-state index in [1.165, 1.54) is 0 Å². The van der Waals surface area contributed by atoms with Crippen LogP contribution in [0.3, 0.4) is 0 Å². The first-order chi connectivity index (χ1) is 18.5. The summed E-state index contributed by atoms with van der Waals surface area (Å²) >= 11 is 0. The minimum absolute atomic E-state index is 0.242. The number of fused-ring (bicyclic) bond motifs is 1. The second-order valence-electron chi connectivity index (χ2n) is 12.0. The molecule has 3 saturated heterocycles. The Balaban J connectivity index is 1.13. The summed E-state index contributed by atoms with van der Waals surface area (Å²) < 4.78 is 5.50. The maximum absolute atomic E-state index is 13.2. The second kappa shape index (κ2) is 10.8. The summed E-state index contributed by atoms with van der Waals surface area (Å²) in [5, 5.41) is 12.1. The van der Waals surface area contributed by atoms with Crippen LogP contribution in [0.4, 0.5) is 10.5 Å². The first-order valence-corrected chi connectivity index (χ1v) is 14.0. The lowest BCUT2D eigenvalue weighted by Gasteiger charge is -2.39. The van der Waals surface area contributed by atoms with E-state index in [0.717, 1.165) is 56.2 Å². The highest BCUT2D eigenvalue weighted by Crippen LogP contribution is 2.32. The number of anilines is 1. The molecule has 2 atom stereocenters. The molecule has 11 nitrogen and oxygen atoms in total. The molecule has 1 aromatic carbocycles. The Bertz CT molecular complexity index is 1130. The zero-order chi connectivity index (χ0) is 27.9. The van der Waals surface area contributed by atoms with Crippen LogP contribution in [0.25, 0.3) is 0 Å². The van der Waals surface area contributed by atoms with Crippen LogP contribution in [0.2, 0.25) is 0 Å². The smallest absolute Gasteiger partial charge is 0.410 e. The van der Waals surface area contributed by atoms with E-state index in [1.54, 1.807) is 17.0 Å². The monoisotopic (exact) mass is 541 g/mol. The predicted octanol–water partition coefficient (Wildman–Crippen LogP) is 1.65. The molecule has 39 heavy (non-hydrogen) atoms. The van der Waals surface area contributed by atoms with Gasteiger partial charge in [-0.3, -0.25) is 24.2 Å². The number of imide groups is 1.